The molecule has 3 nitrogen and oxygen atoms in total. The lowest BCUT2D eigenvalue weighted by Gasteiger charge is -2.36. The maximum Gasteiger partial charge on any atom is 0.186 e. The van der Waals surface area contributed by atoms with Gasteiger partial charge in [0, 0.05) is 13.1 Å². The van der Waals surface area contributed by atoms with Gasteiger partial charge >= 0.3 is 0 Å². The number of hydrogen-bond donors (Lipinski definition) is 0. The summed E-state index contributed by atoms with van der Waals surface area (Å²) in [4.78, 5) is 19.0. The highest BCUT2D eigenvalue weighted by Gasteiger charge is 2.27. The van der Waals surface area contributed by atoms with Crippen molar-refractivity contribution in [3.05, 3.63) is 10.6 Å². The molecule has 1 aromatic rings. The van der Waals surface area contributed by atoms with Crippen LogP contribution in [0.25, 0.3) is 0 Å². The van der Waals surface area contributed by atoms with Crippen LogP contribution < -0.4 is 4.90 Å². The van der Waals surface area contributed by atoms with E-state index in [1.165, 1.54) is 37.0 Å². The van der Waals surface area contributed by atoms with Gasteiger partial charge in [-0.15, -0.1) is 0 Å². The van der Waals surface area contributed by atoms with Crippen molar-refractivity contribution in [1.82, 2.24) is 4.98 Å². The van der Waals surface area contributed by atoms with Gasteiger partial charge in [0.25, 0.3) is 0 Å². The van der Waals surface area contributed by atoms with Crippen LogP contribution in [0.3, 0.4) is 0 Å². The summed E-state index contributed by atoms with van der Waals surface area (Å²) in [5.41, 5.74) is 0.949. The van der Waals surface area contributed by atoms with Crippen molar-refractivity contribution in [2.45, 2.75) is 58.4 Å². The third-order valence-electron chi connectivity index (χ3n) is 4.19. The molecule has 0 spiro atoms. The molecule has 2 rings (SSSR count). The molecule has 1 aliphatic rings. The first kappa shape index (κ1) is 14.5. The fraction of sp³-hybridized carbons (Fsp3) is 0.733. The number of rotatable bonds is 4. The molecule has 4 heteroatoms. The zero-order chi connectivity index (χ0) is 14.0. The summed E-state index contributed by atoms with van der Waals surface area (Å²) >= 11 is 1.54. The van der Waals surface area contributed by atoms with Crippen LogP contribution in [0.15, 0.2) is 0 Å². The second kappa shape index (κ2) is 6.04. The van der Waals surface area contributed by atoms with E-state index in [0.717, 1.165) is 22.0 Å². The van der Waals surface area contributed by atoms with Gasteiger partial charge in [-0.1, -0.05) is 44.9 Å². The third kappa shape index (κ3) is 2.99. The topological polar surface area (TPSA) is 33.2 Å². The first-order valence-corrected chi connectivity index (χ1v) is 8.05. The van der Waals surface area contributed by atoms with Gasteiger partial charge in [0.1, 0.15) is 0 Å². The molecule has 1 heterocycles. The van der Waals surface area contributed by atoms with Crippen LogP contribution >= 0.6 is 11.3 Å². The molecule has 1 saturated carbocycles. The summed E-state index contributed by atoms with van der Waals surface area (Å²) in [5, 5.41) is 1.00. The van der Waals surface area contributed by atoms with E-state index in [9.17, 15) is 4.79 Å². The molecular weight excluding hydrogens is 256 g/mol. The van der Waals surface area contributed by atoms with Crippen LogP contribution in [0.4, 0.5) is 5.13 Å². The van der Waals surface area contributed by atoms with Gasteiger partial charge in [0.2, 0.25) is 0 Å². The third-order valence-corrected chi connectivity index (χ3v) is 5.28. The standard InChI is InChI=1S/C15H24N2OS/c1-10(2)14-13(9-18)19-15(16-14)17(4)12-8-6-5-7-11(12)3/h9-12H,5-8H2,1-4H3. The van der Waals surface area contributed by atoms with Crippen LogP contribution in [-0.2, 0) is 0 Å². The van der Waals surface area contributed by atoms with Crippen LogP contribution in [-0.4, -0.2) is 24.4 Å². The fourth-order valence-corrected chi connectivity index (χ4v) is 4.05. The Morgan fingerprint density at radius 3 is 2.58 bits per heavy atom. The summed E-state index contributed by atoms with van der Waals surface area (Å²) in [6.45, 7) is 6.52. The predicted octanol–water partition coefficient (Wildman–Crippen LogP) is 4.09. The summed E-state index contributed by atoms with van der Waals surface area (Å²) in [6.07, 6.45) is 6.15. The largest absolute Gasteiger partial charge is 0.348 e. The lowest BCUT2D eigenvalue weighted by molar-refractivity contribution is 0.112. The van der Waals surface area contributed by atoms with E-state index >= 15 is 0 Å². The number of carbonyl (C=O) groups is 1. The molecule has 0 aliphatic heterocycles. The van der Waals surface area contributed by atoms with Crippen molar-refractivity contribution in [2.75, 3.05) is 11.9 Å². The SMILES string of the molecule is CC(C)c1nc(N(C)C2CCCCC2C)sc1C=O. The zero-order valence-electron chi connectivity index (χ0n) is 12.3. The Morgan fingerprint density at radius 2 is 2.05 bits per heavy atom. The molecule has 1 fully saturated rings. The summed E-state index contributed by atoms with van der Waals surface area (Å²) < 4.78 is 0. The minimum atomic E-state index is 0.308. The molecule has 1 aliphatic carbocycles. The lowest BCUT2D eigenvalue weighted by Crippen LogP contribution is -2.38. The minimum absolute atomic E-state index is 0.308. The van der Waals surface area contributed by atoms with E-state index in [-0.39, 0.29) is 0 Å². The van der Waals surface area contributed by atoms with Gasteiger partial charge in [0.05, 0.1) is 10.6 Å². The molecule has 106 valence electrons. The van der Waals surface area contributed by atoms with E-state index in [4.69, 9.17) is 4.98 Å². The zero-order valence-corrected chi connectivity index (χ0v) is 13.2. The van der Waals surface area contributed by atoms with E-state index in [2.05, 4.69) is 32.7 Å². The Labute approximate surface area is 120 Å². The number of anilines is 1. The van der Waals surface area contributed by atoms with Gasteiger partial charge in [-0.05, 0) is 24.7 Å². The van der Waals surface area contributed by atoms with E-state index in [0.29, 0.717) is 17.9 Å². The monoisotopic (exact) mass is 280 g/mol. The highest BCUT2D eigenvalue weighted by atomic mass is 32.1. The highest BCUT2D eigenvalue weighted by Crippen LogP contribution is 2.34. The average Bonchev–Trinajstić information content (AvgIpc) is 2.83. The smallest absolute Gasteiger partial charge is 0.186 e. The number of hydrogen-bond acceptors (Lipinski definition) is 4. The first-order chi connectivity index (χ1) is 9.04. The first-order valence-electron chi connectivity index (χ1n) is 7.23. The Kier molecular flexibility index (Phi) is 4.61. The summed E-state index contributed by atoms with van der Waals surface area (Å²) in [7, 11) is 2.13. The minimum Gasteiger partial charge on any atom is -0.348 e. The van der Waals surface area contributed by atoms with Gasteiger partial charge in [-0.2, -0.15) is 0 Å². The quantitative estimate of drug-likeness (QED) is 0.779. The lowest BCUT2D eigenvalue weighted by atomic mass is 9.85. The Morgan fingerprint density at radius 1 is 1.37 bits per heavy atom. The average molecular weight is 280 g/mol. The second-order valence-corrected chi connectivity index (χ2v) is 6.97. The van der Waals surface area contributed by atoms with Crippen molar-refractivity contribution in [3.8, 4) is 0 Å². The number of nitrogens with zero attached hydrogens (tertiary/aromatic N) is 2. The molecule has 0 bridgehead atoms. The van der Waals surface area contributed by atoms with E-state index < -0.39 is 0 Å². The number of aldehydes is 1. The van der Waals surface area contributed by atoms with Crippen LogP contribution in [0.2, 0.25) is 0 Å². The van der Waals surface area contributed by atoms with Crippen LogP contribution in [0.1, 0.15) is 67.7 Å². The van der Waals surface area contributed by atoms with Crippen LogP contribution in [0.5, 0.6) is 0 Å². The van der Waals surface area contributed by atoms with Crippen molar-refractivity contribution in [3.63, 3.8) is 0 Å². The van der Waals surface area contributed by atoms with Gasteiger partial charge < -0.3 is 4.90 Å². The molecular formula is C15H24N2OS. The molecule has 0 N–H and O–H groups in total. The summed E-state index contributed by atoms with van der Waals surface area (Å²) in [6, 6.07) is 0.569. The molecule has 2 unspecified atom stereocenters. The Bertz CT molecular complexity index is 441. The molecule has 0 aromatic carbocycles. The highest BCUT2D eigenvalue weighted by molar-refractivity contribution is 7.17. The molecule has 0 radical (unpaired) electrons. The molecule has 0 amide bonds. The maximum atomic E-state index is 11.2. The van der Waals surface area contributed by atoms with Crippen molar-refractivity contribution in [1.29, 1.82) is 0 Å². The summed E-state index contributed by atoms with van der Waals surface area (Å²) in [5.74, 6) is 1.02. The van der Waals surface area contributed by atoms with Crippen molar-refractivity contribution in [2.24, 2.45) is 5.92 Å². The predicted molar refractivity (Wildman–Crippen MR) is 81.4 cm³/mol. The van der Waals surface area contributed by atoms with E-state index in [1.807, 2.05) is 0 Å². The van der Waals surface area contributed by atoms with Crippen LogP contribution in [0, 0.1) is 5.92 Å². The molecule has 0 saturated heterocycles. The van der Waals surface area contributed by atoms with Gasteiger partial charge in [-0.25, -0.2) is 4.98 Å². The van der Waals surface area contributed by atoms with Gasteiger partial charge in [0.15, 0.2) is 11.4 Å². The Balaban J connectivity index is 2.23. The normalized spacial score (nSPS) is 23.6. The van der Waals surface area contributed by atoms with Crippen molar-refractivity contribution >= 4 is 22.8 Å². The second-order valence-electron chi connectivity index (χ2n) is 5.96. The molecule has 1 aromatic heterocycles. The maximum absolute atomic E-state index is 11.2. The molecule has 19 heavy (non-hydrogen) atoms. The number of carbonyl (C=O) groups excluding carboxylic acids is 1. The van der Waals surface area contributed by atoms with Gasteiger partial charge in [-0.3, -0.25) is 4.79 Å². The molecule has 2 atom stereocenters. The number of aromatic nitrogens is 1. The Hall–Kier alpha value is -0.900. The fourth-order valence-electron chi connectivity index (χ4n) is 2.99. The van der Waals surface area contributed by atoms with E-state index in [1.54, 1.807) is 0 Å². The number of thiazole rings is 1. The van der Waals surface area contributed by atoms with Crippen molar-refractivity contribution < 1.29 is 4.79 Å².